The minimum atomic E-state index is -3.91. The third-order valence-electron chi connectivity index (χ3n) is 6.03. The molecule has 0 aliphatic carbocycles. The highest BCUT2D eigenvalue weighted by atomic mass is 35.5. The number of carbonyl (C=O) groups is 2. The molecule has 0 bridgehead atoms. The number of hydrogen-bond donors (Lipinski definition) is 2. The van der Waals surface area contributed by atoms with Gasteiger partial charge in [0.25, 0.3) is 10.0 Å². The predicted molar refractivity (Wildman–Crippen MR) is 129 cm³/mol. The summed E-state index contributed by atoms with van der Waals surface area (Å²) in [4.78, 5) is 25.5. The van der Waals surface area contributed by atoms with Crippen LogP contribution < -0.4 is 14.5 Å². The molecule has 0 unspecified atom stereocenters. The summed E-state index contributed by atoms with van der Waals surface area (Å²) in [5.41, 5.74) is 2.99. The van der Waals surface area contributed by atoms with Crippen molar-refractivity contribution in [2.45, 2.75) is 24.3 Å². The fraction of sp³-hybridized carbons (Fsp3) is 0.167. The number of nitrogens with one attached hydrogen (secondary N) is 1. The van der Waals surface area contributed by atoms with Crippen molar-refractivity contribution in [2.75, 3.05) is 21.1 Å². The first-order chi connectivity index (χ1) is 16.3. The number of carbonyl (C=O) groups excluding carboxylic acids is 1. The van der Waals surface area contributed by atoms with Gasteiger partial charge >= 0.3 is 12.0 Å². The molecule has 0 radical (unpaired) electrons. The van der Waals surface area contributed by atoms with Crippen LogP contribution in [-0.2, 0) is 23.0 Å². The summed E-state index contributed by atoms with van der Waals surface area (Å²) in [6.45, 7) is 0.394. The minimum Gasteiger partial charge on any atom is -0.478 e. The van der Waals surface area contributed by atoms with Gasteiger partial charge in [-0.25, -0.2) is 18.0 Å². The summed E-state index contributed by atoms with van der Waals surface area (Å²) in [5.74, 6) is -1.08. The van der Waals surface area contributed by atoms with Crippen LogP contribution in [0.5, 0.6) is 0 Å². The molecule has 2 amide bonds. The molecule has 34 heavy (non-hydrogen) atoms. The van der Waals surface area contributed by atoms with Gasteiger partial charge in [-0.1, -0.05) is 29.8 Å². The lowest BCUT2D eigenvalue weighted by Crippen LogP contribution is -2.39. The Morgan fingerprint density at radius 1 is 1.00 bits per heavy atom. The van der Waals surface area contributed by atoms with E-state index in [9.17, 15) is 23.1 Å². The van der Waals surface area contributed by atoms with E-state index in [1.165, 1.54) is 45.6 Å². The van der Waals surface area contributed by atoms with Gasteiger partial charge in [-0.2, -0.15) is 0 Å². The van der Waals surface area contributed by atoms with E-state index in [4.69, 9.17) is 11.6 Å². The Morgan fingerprint density at radius 3 is 2.59 bits per heavy atom. The normalized spacial score (nSPS) is 15.4. The molecule has 0 aromatic heterocycles. The van der Waals surface area contributed by atoms with E-state index in [0.29, 0.717) is 29.9 Å². The Kier molecular flexibility index (Phi) is 5.45. The van der Waals surface area contributed by atoms with Crippen LogP contribution in [0.1, 0.15) is 27.9 Å². The van der Waals surface area contributed by atoms with Gasteiger partial charge in [0.2, 0.25) is 0 Å². The van der Waals surface area contributed by atoms with Gasteiger partial charge in [-0.15, -0.1) is 0 Å². The molecule has 0 saturated carbocycles. The molecule has 2 N–H and O–H groups in total. The second kappa shape index (κ2) is 8.34. The van der Waals surface area contributed by atoms with Gasteiger partial charge in [0.1, 0.15) is 0 Å². The number of aryl methyl sites for hydroxylation is 1. The van der Waals surface area contributed by atoms with E-state index in [-0.39, 0.29) is 27.7 Å². The number of anilines is 3. The number of aromatic carboxylic acids is 1. The van der Waals surface area contributed by atoms with Crippen molar-refractivity contribution in [1.82, 2.24) is 0 Å². The molecular formula is C24H20ClN3O5S. The molecule has 2 aliphatic rings. The van der Waals surface area contributed by atoms with Crippen molar-refractivity contribution < 1.29 is 23.1 Å². The molecule has 8 nitrogen and oxygen atoms in total. The number of carboxylic acids is 1. The lowest BCUT2D eigenvalue weighted by Gasteiger charge is -2.32. The van der Waals surface area contributed by atoms with Gasteiger partial charge in [0, 0.05) is 12.2 Å². The van der Waals surface area contributed by atoms with E-state index in [0.717, 1.165) is 12.0 Å². The van der Waals surface area contributed by atoms with E-state index >= 15 is 0 Å². The number of para-hydroxylation sites is 1. The molecule has 2 aliphatic heterocycles. The second-order valence-corrected chi connectivity index (χ2v) is 10.4. The maximum absolute atomic E-state index is 13.6. The predicted octanol–water partition coefficient (Wildman–Crippen LogP) is 4.73. The number of carboxylic acid groups (broad SMARTS) is 1. The van der Waals surface area contributed by atoms with Crippen LogP contribution in [0.15, 0.2) is 65.6 Å². The molecule has 10 heteroatoms. The number of fused-ring (bicyclic) bond motifs is 2. The first-order valence-corrected chi connectivity index (χ1v) is 12.4. The first-order valence-electron chi connectivity index (χ1n) is 10.6. The molecule has 5 rings (SSSR count). The van der Waals surface area contributed by atoms with Crippen LogP contribution in [0.3, 0.4) is 0 Å². The monoisotopic (exact) mass is 497 g/mol. The van der Waals surface area contributed by atoms with Crippen molar-refractivity contribution >= 4 is 50.7 Å². The van der Waals surface area contributed by atoms with Crippen molar-refractivity contribution in [3.05, 3.63) is 82.4 Å². The van der Waals surface area contributed by atoms with Gasteiger partial charge in [0.05, 0.1) is 33.4 Å². The van der Waals surface area contributed by atoms with Gasteiger partial charge in [-0.05, 0) is 66.4 Å². The summed E-state index contributed by atoms with van der Waals surface area (Å²) >= 11 is 6.40. The van der Waals surface area contributed by atoms with Crippen LogP contribution in [-0.4, -0.2) is 32.1 Å². The molecule has 2 heterocycles. The van der Waals surface area contributed by atoms with Crippen molar-refractivity contribution in [3.63, 3.8) is 0 Å². The SMILES string of the molecule is O=C(O)c1ccc2c(c1)CN(c1cc(S(=O)(=O)N3CCCc4ccccc43)ccc1Cl)C(=O)N2. The van der Waals surface area contributed by atoms with Crippen molar-refractivity contribution in [1.29, 1.82) is 0 Å². The molecule has 174 valence electrons. The summed E-state index contributed by atoms with van der Waals surface area (Å²) in [6, 6.07) is 15.6. The number of amides is 2. The highest BCUT2D eigenvalue weighted by Crippen LogP contribution is 2.37. The van der Waals surface area contributed by atoms with Gasteiger partial charge in [0.15, 0.2) is 0 Å². The summed E-state index contributed by atoms with van der Waals surface area (Å²) in [7, 11) is -3.91. The maximum Gasteiger partial charge on any atom is 0.335 e. The number of sulfonamides is 1. The lowest BCUT2D eigenvalue weighted by molar-refractivity contribution is 0.0696. The Morgan fingerprint density at radius 2 is 1.79 bits per heavy atom. The Bertz CT molecular complexity index is 1440. The van der Waals surface area contributed by atoms with E-state index in [2.05, 4.69) is 5.32 Å². The quantitative estimate of drug-likeness (QED) is 0.541. The van der Waals surface area contributed by atoms with Crippen LogP contribution in [0.25, 0.3) is 0 Å². The molecule has 0 atom stereocenters. The third kappa shape index (κ3) is 3.76. The van der Waals surface area contributed by atoms with Crippen molar-refractivity contribution in [3.8, 4) is 0 Å². The number of halogens is 1. The number of hydrogen-bond acceptors (Lipinski definition) is 4. The molecule has 3 aromatic rings. The number of nitrogens with zero attached hydrogens (tertiary/aromatic N) is 2. The lowest BCUT2D eigenvalue weighted by atomic mass is 10.0. The summed E-state index contributed by atoms with van der Waals surface area (Å²) in [6.07, 6.45) is 1.51. The molecular weight excluding hydrogens is 478 g/mol. The molecule has 3 aromatic carbocycles. The maximum atomic E-state index is 13.6. The fourth-order valence-electron chi connectivity index (χ4n) is 4.33. The Balaban J connectivity index is 1.53. The van der Waals surface area contributed by atoms with E-state index in [1.54, 1.807) is 12.1 Å². The molecule has 0 spiro atoms. The van der Waals surface area contributed by atoms with Crippen LogP contribution >= 0.6 is 11.6 Å². The van der Waals surface area contributed by atoms with Crippen LogP contribution in [0.2, 0.25) is 5.02 Å². The average molecular weight is 498 g/mol. The number of rotatable bonds is 4. The number of urea groups is 1. The van der Waals surface area contributed by atoms with Crippen LogP contribution in [0.4, 0.5) is 21.9 Å². The summed E-state index contributed by atoms with van der Waals surface area (Å²) in [5, 5.41) is 12.2. The van der Waals surface area contributed by atoms with E-state index < -0.39 is 22.0 Å². The van der Waals surface area contributed by atoms with E-state index in [1.807, 2.05) is 12.1 Å². The van der Waals surface area contributed by atoms with Crippen LogP contribution in [0, 0.1) is 0 Å². The fourth-order valence-corrected chi connectivity index (χ4v) is 6.12. The highest BCUT2D eigenvalue weighted by molar-refractivity contribution is 7.92. The topological polar surface area (TPSA) is 107 Å². The first kappa shape index (κ1) is 22.2. The Labute approximate surface area is 201 Å². The minimum absolute atomic E-state index is 0.0153. The average Bonchev–Trinajstić information content (AvgIpc) is 2.83. The zero-order valence-corrected chi connectivity index (χ0v) is 19.4. The number of benzene rings is 3. The second-order valence-electron chi connectivity index (χ2n) is 8.12. The summed E-state index contributed by atoms with van der Waals surface area (Å²) < 4.78 is 28.6. The van der Waals surface area contributed by atoms with Crippen molar-refractivity contribution in [2.24, 2.45) is 0 Å². The molecule has 0 saturated heterocycles. The smallest absolute Gasteiger partial charge is 0.335 e. The van der Waals surface area contributed by atoms with Gasteiger partial charge in [-0.3, -0.25) is 9.21 Å². The third-order valence-corrected chi connectivity index (χ3v) is 8.16. The van der Waals surface area contributed by atoms with Gasteiger partial charge < -0.3 is 10.4 Å². The zero-order chi connectivity index (χ0) is 24.0. The highest BCUT2D eigenvalue weighted by Gasteiger charge is 2.32. The Hall–Kier alpha value is -3.56. The largest absolute Gasteiger partial charge is 0.478 e. The molecule has 0 fully saturated rings. The standard InChI is InChI=1S/C24H20ClN3O5S/c25-19-9-8-18(34(32,33)28-11-3-5-15-4-1-2-6-21(15)28)13-22(19)27-14-17-12-16(23(29)30)7-10-20(17)26-24(27)31/h1-2,4,6-10,12-13H,3,5,11,14H2,(H,26,31)(H,29,30). The zero-order valence-electron chi connectivity index (χ0n) is 17.9.